The number of carbonyl (C=O) groups is 1. The Kier molecular flexibility index (Phi) is 6.29. The lowest BCUT2D eigenvalue weighted by Crippen LogP contribution is -2.55. The van der Waals surface area contributed by atoms with Gasteiger partial charge in [-0.3, -0.25) is 19.6 Å². The fourth-order valence-electron chi connectivity index (χ4n) is 5.22. The summed E-state index contributed by atoms with van der Waals surface area (Å²) in [6.45, 7) is 10.6. The Hall–Kier alpha value is -2.24. The largest absolute Gasteiger partial charge is 0.339 e. The molecule has 1 aliphatic carbocycles. The van der Waals surface area contributed by atoms with Crippen molar-refractivity contribution in [3.63, 3.8) is 0 Å². The Morgan fingerprint density at radius 3 is 2.44 bits per heavy atom. The minimum absolute atomic E-state index is 0.301. The number of hydrogen-bond acceptors (Lipinski definition) is 4. The molecule has 3 aliphatic rings. The number of aromatic nitrogens is 1. The van der Waals surface area contributed by atoms with E-state index in [1.165, 1.54) is 41.5 Å². The number of rotatable bonds is 5. The van der Waals surface area contributed by atoms with Crippen LogP contribution >= 0.6 is 0 Å². The molecule has 0 atom stereocenters. The third kappa shape index (κ3) is 4.60. The Balaban J connectivity index is 1.16. The fourth-order valence-corrected chi connectivity index (χ4v) is 5.22. The number of amides is 1. The number of hydrogen-bond donors (Lipinski definition) is 0. The monoisotopic (exact) mass is 432 g/mol. The molecule has 2 aromatic rings. The van der Waals surface area contributed by atoms with Crippen molar-refractivity contribution in [3.05, 3.63) is 53.3 Å². The van der Waals surface area contributed by atoms with E-state index in [4.69, 9.17) is 0 Å². The van der Waals surface area contributed by atoms with Crippen molar-refractivity contribution >= 4 is 5.91 Å². The third-order valence-electron chi connectivity index (χ3n) is 7.63. The smallest absolute Gasteiger partial charge is 0.236 e. The van der Waals surface area contributed by atoms with Gasteiger partial charge in [-0.1, -0.05) is 44.5 Å². The van der Waals surface area contributed by atoms with E-state index in [1.807, 2.05) is 6.20 Å². The van der Waals surface area contributed by atoms with Crippen LogP contribution in [-0.4, -0.2) is 70.9 Å². The summed E-state index contributed by atoms with van der Waals surface area (Å²) in [4.78, 5) is 24.5. The van der Waals surface area contributed by atoms with E-state index in [0.29, 0.717) is 18.4 Å². The molecule has 0 N–H and O–H groups in total. The molecule has 170 valence electrons. The summed E-state index contributed by atoms with van der Waals surface area (Å²) in [6, 6.07) is 11.9. The molecule has 2 fully saturated rings. The third-order valence-corrected chi connectivity index (χ3v) is 7.63. The van der Waals surface area contributed by atoms with Crippen LogP contribution in [0.3, 0.4) is 0 Å². The molecule has 5 nitrogen and oxygen atoms in total. The van der Waals surface area contributed by atoms with Crippen LogP contribution in [0.5, 0.6) is 0 Å². The number of benzene rings is 1. The highest BCUT2D eigenvalue weighted by Gasteiger charge is 2.30. The summed E-state index contributed by atoms with van der Waals surface area (Å²) >= 11 is 0. The van der Waals surface area contributed by atoms with Crippen LogP contribution in [-0.2, 0) is 17.8 Å². The molecule has 32 heavy (non-hydrogen) atoms. The van der Waals surface area contributed by atoms with Crippen LogP contribution in [0, 0.1) is 0 Å². The highest BCUT2D eigenvalue weighted by molar-refractivity contribution is 5.78. The van der Waals surface area contributed by atoms with E-state index in [0.717, 1.165) is 57.4 Å². The standard InChI is InChI=1S/C27H36N4O/c1-20(2)26-9-8-23(17-28-26)21-6-7-24-18-29(11-10-22(24)16-21)19-27(32)31-14-12-30(13-15-31)25-4-3-5-25/h6-9,16-17,20,25H,3-5,10-15,18-19H2,1-2H3. The molecule has 0 radical (unpaired) electrons. The summed E-state index contributed by atoms with van der Waals surface area (Å²) < 4.78 is 0. The van der Waals surface area contributed by atoms with Crippen molar-refractivity contribution in [1.29, 1.82) is 0 Å². The lowest BCUT2D eigenvalue weighted by atomic mass is 9.91. The van der Waals surface area contributed by atoms with Gasteiger partial charge in [0, 0.05) is 62.8 Å². The number of piperazine rings is 1. The molecule has 3 heterocycles. The van der Waals surface area contributed by atoms with Gasteiger partial charge in [0.1, 0.15) is 0 Å². The number of nitrogens with zero attached hydrogens (tertiary/aromatic N) is 4. The molecule has 0 spiro atoms. The highest BCUT2D eigenvalue weighted by Crippen LogP contribution is 2.28. The minimum atomic E-state index is 0.301. The maximum atomic E-state index is 12.9. The first kappa shape index (κ1) is 21.6. The predicted molar refractivity (Wildman–Crippen MR) is 129 cm³/mol. The average molecular weight is 433 g/mol. The Morgan fingerprint density at radius 1 is 1.00 bits per heavy atom. The summed E-state index contributed by atoms with van der Waals surface area (Å²) in [7, 11) is 0. The molecule has 5 rings (SSSR count). The highest BCUT2D eigenvalue weighted by atomic mass is 16.2. The SMILES string of the molecule is CC(C)c1ccc(-c2ccc3c(c2)CCN(CC(=O)N2CCN(C4CCC4)CC2)C3)cn1. The van der Waals surface area contributed by atoms with E-state index in [9.17, 15) is 4.79 Å². The second-order valence-corrected chi connectivity index (χ2v) is 10.1. The first-order valence-corrected chi connectivity index (χ1v) is 12.4. The normalized spacial score (nSPS) is 20.3. The van der Waals surface area contributed by atoms with E-state index in [-0.39, 0.29) is 0 Å². The second-order valence-electron chi connectivity index (χ2n) is 10.1. The summed E-state index contributed by atoms with van der Waals surface area (Å²) in [6.07, 6.45) is 7.08. The van der Waals surface area contributed by atoms with Crippen molar-refractivity contribution < 1.29 is 4.79 Å². The molecule has 1 saturated heterocycles. The molecule has 2 aliphatic heterocycles. The zero-order valence-electron chi connectivity index (χ0n) is 19.6. The topological polar surface area (TPSA) is 39.7 Å². The summed E-state index contributed by atoms with van der Waals surface area (Å²) in [5.41, 5.74) is 6.32. The van der Waals surface area contributed by atoms with Crippen molar-refractivity contribution in [2.45, 2.75) is 58.0 Å². The van der Waals surface area contributed by atoms with E-state index < -0.39 is 0 Å². The van der Waals surface area contributed by atoms with Crippen molar-refractivity contribution in [2.24, 2.45) is 0 Å². The first-order valence-electron chi connectivity index (χ1n) is 12.4. The van der Waals surface area contributed by atoms with Crippen LogP contribution in [0.1, 0.15) is 55.8 Å². The molecule has 1 aromatic heterocycles. The number of carbonyl (C=O) groups excluding carboxylic acids is 1. The van der Waals surface area contributed by atoms with Gasteiger partial charge in [-0.15, -0.1) is 0 Å². The van der Waals surface area contributed by atoms with Crippen LogP contribution in [0.25, 0.3) is 11.1 Å². The van der Waals surface area contributed by atoms with Gasteiger partial charge in [-0.05, 0) is 47.9 Å². The van der Waals surface area contributed by atoms with Crippen LogP contribution in [0.15, 0.2) is 36.5 Å². The van der Waals surface area contributed by atoms with Gasteiger partial charge < -0.3 is 4.90 Å². The first-order chi connectivity index (χ1) is 15.6. The molecular formula is C27H36N4O. The Labute approximate surface area is 192 Å². The van der Waals surface area contributed by atoms with Gasteiger partial charge in [-0.2, -0.15) is 0 Å². The Bertz CT molecular complexity index is 943. The lowest BCUT2D eigenvalue weighted by molar-refractivity contribution is -0.135. The van der Waals surface area contributed by atoms with E-state index in [2.05, 4.69) is 63.9 Å². The number of pyridine rings is 1. The Morgan fingerprint density at radius 2 is 1.78 bits per heavy atom. The maximum absolute atomic E-state index is 12.9. The van der Waals surface area contributed by atoms with Crippen LogP contribution in [0.4, 0.5) is 0 Å². The average Bonchev–Trinajstić information content (AvgIpc) is 2.78. The lowest BCUT2D eigenvalue weighted by Gasteiger charge is -2.43. The van der Waals surface area contributed by atoms with Gasteiger partial charge in [0.2, 0.25) is 5.91 Å². The van der Waals surface area contributed by atoms with E-state index >= 15 is 0 Å². The molecule has 0 bridgehead atoms. The second kappa shape index (κ2) is 9.32. The molecule has 1 aromatic carbocycles. The molecule has 5 heteroatoms. The van der Waals surface area contributed by atoms with Crippen molar-refractivity contribution in [1.82, 2.24) is 19.7 Å². The van der Waals surface area contributed by atoms with Gasteiger partial charge in [0.05, 0.1) is 6.54 Å². The van der Waals surface area contributed by atoms with Crippen LogP contribution in [0.2, 0.25) is 0 Å². The summed E-state index contributed by atoms with van der Waals surface area (Å²) in [5, 5.41) is 0. The minimum Gasteiger partial charge on any atom is -0.339 e. The van der Waals surface area contributed by atoms with Gasteiger partial charge in [0.25, 0.3) is 0 Å². The predicted octanol–water partition coefficient (Wildman–Crippen LogP) is 3.93. The zero-order valence-corrected chi connectivity index (χ0v) is 19.6. The number of fused-ring (bicyclic) bond motifs is 1. The molecule has 0 unspecified atom stereocenters. The van der Waals surface area contributed by atoms with Gasteiger partial charge in [0.15, 0.2) is 0 Å². The van der Waals surface area contributed by atoms with Crippen molar-refractivity contribution in [3.8, 4) is 11.1 Å². The van der Waals surface area contributed by atoms with Crippen LogP contribution < -0.4 is 0 Å². The quantitative estimate of drug-likeness (QED) is 0.718. The maximum Gasteiger partial charge on any atom is 0.236 e. The van der Waals surface area contributed by atoms with Gasteiger partial charge in [-0.25, -0.2) is 0 Å². The van der Waals surface area contributed by atoms with E-state index in [1.54, 1.807) is 0 Å². The van der Waals surface area contributed by atoms with Crippen molar-refractivity contribution in [2.75, 3.05) is 39.3 Å². The molecular weight excluding hydrogens is 396 g/mol. The summed E-state index contributed by atoms with van der Waals surface area (Å²) in [5.74, 6) is 0.752. The fraction of sp³-hybridized carbons (Fsp3) is 0.556. The molecule has 1 amide bonds. The zero-order chi connectivity index (χ0) is 22.1. The van der Waals surface area contributed by atoms with Gasteiger partial charge >= 0.3 is 0 Å². The molecule has 1 saturated carbocycles.